The number of para-hydroxylation sites is 1. The first-order valence-corrected chi connectivity index (χ1v) is 13.9. The average molecular weight is 541 g/mol. The lowest BCUT2D eigenvalue weighted by molar-refractivity contribution is 0.0851. The third-order valence-corrected chi connectivity index (χ3v) is 8.52. The molecule has 0 saturated carbocycles. The molecule has 0 saturated heterocycles. The van der Waals surface area contributed by atoms with Gasteiger partial charge in [0.15, 0.2) is 0 Å². The van der Waals surface area contributed by atoms with E-state index in [4.69, 9.17) is 11.6 Å². The Labute approximate surface area is 224 Å². The molecule has 6 nitrogen and oxygen atoms in total. The van der Waals surface area contributed by atoms with Crippen molar-refractivity contribution in [1.29, 1.82) is 0 Å². The molecule has 1 aliphatic rings. The standard InChI is InChI=1S/C29H33ClN2O4S/c1-28(2,3)23-15-20(16-24(26(23)33)29(4,5)6)18-31-25-10-8-7-9-22(25)27(34)32(37(31,35)36)17-19-11-13-21(30)14-12-19/h7-16,33H,17-18H2,1-6H3. The molecule has 0 bridgehead atoms. The number of amides is 1. The van der Waals surface area contributed by atoms with Crippen LogP contribution < -0.4 is 4.31 Å². The number of hydrogen-bond acceptors (Lipinski definition) is 4. The van der Waals surface area contributed by atoms with Crippen LogP contribution in [0.5, 0.6) is 5.75 Å². The maximum Gasteiger partial charge on any atom is 0.329 e. The second-order valence-electron chi connectivity index (χ2n) is 11.5. The number of nitrogens with zero attached hydrogens (tertiary/aromatic N) is 2. The molecule has 0 atom stereocenters. The maximum absolute atomic E-state index is 13.9. The topological polar surface area (TPSA) is 77.9 Å². The number of phenols is 1. The highest BCUT2D eigenvalue weighted by molar-refractivity contribution is 7.91. The monoisotopic (exact) mass is 540 g/mol. The first kappa shape index (κ1) is 27.0. The summed E-state index contributed by atoms with van der Waals surface area (Å²) in [6, 6.07) is 17.2. The number of fused-ring (bicyclic) bond motifs is 1. The summed E-state index contributed by atoms with van der Waals surface area (Å²) in [6.07, 6.45) is 0. The third-order valence-electron chi connectivity index (χ3n) is 6.54. The van der Waals surface area contributed by atoms with E-state index in [1.54, 1.807) is 48.5 Å². The summed E-state index contributed by atoms with van der Waals surface area (Å²) in [7, 11) is -4.22. The lowest BCUT2D eigenvalue weighted by atomic mass is 9.78. The highest BCUT2D eigenvalue weighted by Gasteiger charge is 2.42. The summed E-state index contributed by atoms with van der Waals surface area (Å²) < 4.78 is 30.1. The van der Waals surface area contributed by atoms with Gasteiger partial charge in [-0.05, 0) is 69.5 Å². The minimum atomic E-state index is -4.22. The molecule has 3 aromatic rings. The number of anilines is 1. The quantitative estimate of drug-likeness (QED) is 0.407. The third kappa shape index (κ3) is 5.20. The van der Waals surface area contributed by atoms with E-state index in [2.05, 4.69) is 0 Å². The van der Waals surface area contributed by atoms with E-state index >= 15 is 0 Å². The summed E-state index contributed by atoms with van der Waals surface area (Å²) in [4.78, 5) is 13.4. The van der Waals surface area contributed by atoms with E-state index in [9.17, 15) is 18.3 Å². The highest BCUT2D eigenvalue weighted by Crippen LogP contribution is 2.41. The van der Waals surface area contributed by atoms with Crippen molar-refractivity contribution < 1.29 is 18.3 Å². The van der Waals surface area contributed by atoms with Crippen molar-refractivity contribution in [2.75, 3.05) is 4.31 Å². The number of rotatable bonds is 4. The van der Waals surface area contributed by atoms with Crippen LogP contribution in [-0.2, 0) is 34.1 Å². The van der Waals surface area contributed by atoms with Crippen LogP contribution in [-0.4, -0.2) is 23.7 Å². The minimum absolute atomic E-state index is 0.0101. The number of carbonyl (C=O) groups is 1. The van der Waals surface area contributed by atoms with Crippen molar-refractivity contribution in [3.05, 3.63) is 93.5 Å². The lowest BCUT2D eigenvalue weighted by Crippen LogP contribution is -2.50. The highest BCUT2D eigenvalue weighted by atomic mass is 35.5. The van der Waals surface area contributed by atoms with Gasteiger partial charge in [-0.2, -0.15) is 8.42 Å². The smallest absolute Gasteiger partial charge is 0.329 e. The molecule has 1 N–H and O–H groups in total. The van der Waals surface area contributed by atoms with E-state index < -0.39 is 16.1 Å². The van der Waals surface area contributed by atoms with Crippen LogP contribution in [0.1, 0.15) is 74.2 Å². The Morgan fingerprint density at radius 2 is 1.30 bits per heavy atom. The van der Waals surface area contributed by atoms with E-state index in [-0.39, 0.29) is 29.7 Å². The van der Waals surface area contributed by atoms with Gasteiger partial charge in [-0.15, -0.1) is 0 Å². The van der Waals surface area contributed by atoms with Crippen molar-refractivity contribution >= 4 is 33.4 Å². The predicted molar refractivity (Wildman–Crippen MR) is 148 cm³/mol. The van der Waals surface area contributed by atoms with Gasteiger partial charge in [0.1, 0.15) is 5.75 Å². The minimum Gasteiger partial charge on any atom is -0.507 e. The van der Waals surface area contributed by atoms with E-state index in [1.165, 1.54) is 4.31 Å². The van der Waals surface area contributed by atoms with Gasteiger partial charge in [0.2, 0.25) is 0 Å². The van der Waals surface area contributed by atoms with Crippen LogP contribution >= 0.6 is 11.6 Å². The van der Waals surface area contributed by atoms with Gasteiger partial charge in [-0.3, -0.25) is 4.79 Å². The van der Waals surface area contributed by atoms with Crippen LogP contribution in [0.3, 0.4) is 0 Å². The fourth-order valence-electron chi connectivity index (χ4n) is 4.52. The predicted octanol–water partition coefficient (Wildman–Crippen LogP) is 6.55. The average Bonchev–Trinajstić information content (AvgIpc) is 2.80. The molecule has 0 radical (unpaired) electrons. The van der Waals surface area contributed by atoms with Gasteiger partial charge < -0.3 is 5.11 Å². The van der Waals surface area contributed by atoms with Crippen molar-refractivity contribution in [2.45, 2.75) is 65.5 Å². The normalized spacial score (nSPS) is 15.6. The number of phenolic OH excluding ortho intramolecular Hbond substituents is 1. The largest absolute Gasteiger partial charge is 0.507 e. The van der Waals surface area contributed by atoms with E-state index in [1.807, 2.05) is 53.7 Å². The fraction of sp³-hybridized carbons (Fsp3) is 0.345. The Hall–Kier alpha value is -3.03. The Kier molecular flexibility index (Phi) is 6.84. The summed E-state index contributed by atoms with van der Waals surface area (Å²) in [5.74, 6) is -0.344. The number of halogens is 1. The maximum atomic E-state index is 13.9. The Morgan fingerprint density at radius 1 is 0.784 bits per heavy atom. The molecular weight excluding hydrogens is 508 g/mol. The Bertz CT molecular complexity index is 1420. The summed E-state index contributed by atoms with van der Waals surface area (Å²) in [5, 5.41) is 11.6. The van der Waals surface area contributed by atoms with Gasteiger partial charge in [0.25, 0.3) is 5.91 Å². The van der Waals surface area contributed by atoms with Crippen molar-refractivity contribution in [3.63, 3.8) is 0 Å². The Balaban J connectivity index is 1.85. The number of benzene rings is 3. The summed E-state index contributed by atoms with van der Waals surface area (Å²) >= 11 is 6.00. The van der Waals surface area contributed by atoms with Gasteiger partial charge in [-0.25, -0.2) is 8.61 Å². The zero-order valence-corrected chi connectivity index (χ0v) is 23.6. The number of hydrogen-bond donors (Lipinski definition) is 1. The molecule has 0 spiro atoms. The molecular formula is C29H33ClN2O4S. The molecule has 1 heterocycles. The van der Waals surface area contributed by atoms with Gasteiger partial charge in [0.05, 0.1) is 24.3 Å². The molecule has 1 amide bonds. The first-order valence-electron chi connectivity index (χ1n) is 12.2. The summed E-state index contributed by atoms with van der Waals surface area (Å²) in [6.45, 7) is 12.0. The van der Waals surface area contributed by atoms with Crippen LogP contribution in [0.2, 0.25) is 5.02 Å². The lowest BCUT2D eigenvalue weighted by Gasteiger charge is -2.37. The molecule has 0 aliphatic carbocycles. The molecule has 4 rings (SSSR count). The molecule has 3 aromatic carbocycles. The fourth-order valence-corrected chi connectivity index (χ4v) is 6.23. The zero-order valence-electron chi connectivity index (χ0n) is 22.0. The molecule has 0 fully saturated rings. The molecule has 0 aromatic heterocycles. The van der Waals surface area contributed by atoms with Crippen LogP contribution in [0.4, 0.5) is 5.69 Å². The summed E-state index contributed by atoms with van der Waals surface area (Å²) in [5.41, 5.74) is 2.78. The molecule has 37 heavy (non-hydrogen) atoms. The number of aromatic hydroxyl groups is 1. The molecule has 1 aliphatic heterocycles. The van der Waals surface area contributed by atoms with Crippen molar-refractivity contribution in [2.24, 2.45) is 0 Å². The zero-order chi connectivity index (χ0) is 27.3. The van der Waals surface area contributed by atoms with Crippen molar-refractivity contribution in [1.82, 2.24) is 4.31 Å². The van der Waals surface area contributed by atoms with Crippen LogP contribution in [0.15, 0.2) is 60.7 Å². The van der Waals surface area contributed by atoms with Crippen LogP contribution in [0, 0.1) is 0 Å². The molecule has 196 valence electrons. The van der Waals surface area contributed by atoms with E-state index in [0.717, 1.165) is 21.0 Å². The van der Waals surface area contributed by atoms with Crippen molar-refractivity contribution in [3.8, 4) is 5.75 Å². The second-order valence-corrected chi connectivity index (χ2v) is 13.7. The van der Waals surface area contributed by atoms with Gasteiger partial charge in [0, 0.05) is 5.02 Å². The second kappa shape index (κ2) is 9.37. The van der Waals surface area contributed by atoms with Gasteiger partial charge >= 0.3 is 10.2 Å². The van der Waals surface area contributed by atoms with Crippen LogP contribution in [0.25, 0.3) is 0 Å². The first-order chi connectivity index (χ1) is 17.1. The van der Waals surface area contributed by atoms with Gasteiger partial charge in [-0.1, -0.05) is 77.4 Å². The number of carbonyl (C=O) groups excluding carboxylic acids is 1. The molecule has 0 unspecified atom stereocenters. The van der Waals surface area contributed by atoms with E-state index in [0.29, 0.717) is 21.8 Å². The Morgan fingerprint density at radius 3 is 1.84 bits per heavy atom. The SMILES string of the molecule is CC(C)(C)c1cc(CN2c3ccccc3C(=O)N(Cc3ccc(Cl)cc3)S2(=O)=O)cc(C(C)(C)C)c1O. The molecule has 8 heteroatoms.